The van der Waals surface area contributed by atoms with Gasteiger partial charge in [-0.2, -0.15) is 5.26 Å². The molecule has 112 valence electrons. The van der Waals surface area contributed by atoms with Crippen molar-refractivity contribution in [2.24, 2.45) is 11.7 Å². The molecule has 7 nitrogen and oxygen atoms in total. The zero-order chi connectivity index (χ0) is 15.1. The maximum Gasteiger partial charge on any atom is 0.220 e. The molecule has 0 saturated carbocycles. The number of nitrogens with zero attached hydrogens (tertiary/aromatic N) is 4. The third kappa shape index (κ3) is 4.39. The van der Waals surface area contributed by atoms with Crippen molar-refractivity contribution in [2.75, 3.05) is 31.5 Å². The second-order valence-corrected chi connectivity index (χ2v) is 5.16. The quantitative estimate of drug-likeness (QED) is 0.731. The van der Waals surface area contributed by atoms with Crippen LogP contribution < -0.4 is 11.1 Å². The topological polar surface area (TPSA) is 108 Å². The van der Waals surface area contributed by atoms with Crippen LogP contribution in [0.5, 0.6) is 0 Å². The Morgan fingerprint density at radius 3 is 2.81 bits per heavy atom. The highest BCUT2D eigenvalue weighted by Gasteiger charge is 2.22. The fourth-order valence-electron chi connectivity index (χ4n) is 2.50. The molecule has 1 aromatic heterocycles. The third-order valence-electron chi connectivity index (χ3n) is 3.74. The fourth-order valence-corrected chi connectivity index (χ4v) is 2.50. The molecule has 0 atom stereocenters. The van der Waals surface area contributed by atoms with Gasteiger partial charge in [0.05, 0.1) is 0 Å². The van der Waals surface area contributed by atoms with E-state index in [-0.39, 0.29) is 11.8 Å². The second kappa shape index (κ2) is 7.55. The Kier molecular flexibility index (Phi) is 5.46. The first-order valence-electron chi connectivity index (χ1n) is 7.17. The van der Waals surface area contributed by atoms with Crippen molar-refractivity contribution in [2.45, 2.75) is 19.3 Å². The van der Waals surface area contributed by atoms with E-state index in [0.29, 0.717) is 11.5 Å². The molecule has 0 radical (unpaired) electrons. The molecule has 0 bridgehead atoms. The van der Waals surface area contributed by atoms with E-state index >= 15 is 0 Å². The largest absolute Gasteiger partial charge is 0.369 e. The number of carbonyl (C=O) groups excluding carboxylic acids is 1. The van der Waals surface area contributed by atoms with Gasteiger partial charge in [-0.1, -0.05) is 0 Å². The highest BCUT2D eigenvalue weighted by molar-refractivity contribution is 5.76. The number of nitrogens with two attached hydrogens (primary N) is 1. The Balaban J connectivity index is 1.67. The number of aromatic nitrogens is 2. The van der Waals surface area contributed by atoms with E-state index in [9.17, 15) is 4.79 Å². The summed E-state index contributed by atoms with van der Waals surface area (Å²) < 4.78 is 0. The number of hydrogen-bond donors (Lipinski definition) is 2. The molecule has 1 aliphatic heterocycles. The Labute approximate surface area is 124 Å². The highest BCUT2D eigenvalue weighted by atomic mass is 16.1. The summed E-state index contributed by atoms with van der Waals surface area (Å²) in [5.74, 6) is 0.396. The van der Waals surface area contributed by atoms with Crippen LogP contribution in [0.1, 0.15) is 25.0 Å². The molecular formula is C14H20N6O. The predicted octanol–water partition coefficient (Wildman–Crippen LogP) is 0.348. The molecule has 2 heterocycles. The highest BCUT2D eigenvalue weighted by Crippen LogP contribution is 2.16. The van der Waals surface area contributed by atoms with E-state index in [1.807, 2.05) is 6.07 Å². The first kappa shape index (κ1) is 15.2. The third-order valence-corrected chi connectivity index (χ3v) is 3.74. The molecule has 21 heavy (non-hydrogen) atoms. The van der Waals surface area contributed by atoms with E-state index < -0.39 is 0 Å². The maximum atomic E-state index is 11.1. The van der Waals surface area contributed by atoms with Gasteiger partial charge in [0, 0.05) is 24.9 Å². The van der Waals surface area contributed by atoms with Crippen LogP contribution >= 0.6 is 0 Å². The van der Waals surface area contributed by atoms with Gasteiger partial charge in [-0.15, -0.1) is 0 Å². The smallest absolute Gasteiger partial charge is 0.220 e. The van der Waals surface area contributed by atoms with E-state index in [4.69, 9.17) is 11.0 Å². The van der Waals surface area contributed by atoms with Crippen molar-refractivity contribution in [1.29, 1.82) is 5.26 Å². The van der Waals surface area contributed by atoms with Gasteiger partial charge in [-0.3, -0.25) is 4.79 Å². The van der Waals surface area contributed by atoms with Gasteiger partial charge < -0.3 is 16.0 Å². The normalized spacial score (nSPS) is 16.3. The minimum atomic E-state index is -0.178. The summed E-state index contributed by atoms with van der Waals surface area (Å²) in [7, 11) is 0. The van der Waals surface area contributed by atoms with Gasteiger partial charge in [0.2, 0.25) is 5.91 Å². The number of carbonyl (C=O) groups is 1. The number of nitriles is 1. The zero-order valence-electron chi connectivity index (χ0n) is 12.0. The first-order valence-corrected chi connectivity index (χ1v) is 7.17. The predicted molar refractivity (Wildman–Crippen MR) is 78.2 cm³/mol. The molecule has 1 aliphatic rings. The molecule has 0 spiro atoms. The molecule has 7 heteroatoms. The van der Waals surface area contributed by atoms with Gasteiger partial charge in [-0.05, 0) is 38.9 Å². The molecule has 1 amide bonds. The summed E-state index contributed by atoms with van der Waals surface area (Å²) in [6.45, 7) is 3.54. The number of likely N-dealkylation sites (tertiary alicyclic amines) is 1. The summed E-state index contributed by atoms with van der Waals surface area (Å²) in [4.78, 5) is 21.5. The summed E-state index contributed by atoms with van der Waals surface area (Å²) in [5, 5.41) is 12.0. The summed E-state index contributed by atoms with van der Waals surface area (Å²) in [6.07, 6.45) is 5.73. The SMILES string of the molecule is N#Cc1nccnc1NCCCN1CCC(C(N)=O)CC1. The van der Waals surface area contributed by atoms with Crippen molar-refractivity contribution in [3.8, 4) is 6.07 Å². The Morgan fingerprint density at radius 2 is 2.14 bits per heavy atom. The van der Waals surface area contributed by atoms with Crippen LogP contribution in [0.2, 0.25) is 0 Å². The van der Waals surface area contributed by atoms with E-state index in [0.717, 1.165) is 45.4 Å². The van der Waals surface area contributed by atoms with Gasteiger partial charge in [-0.25, -0.2) is 9.97 Å². The lowest BCUT2D eigenvalue weighted by molar-refractivity contribution is -0.123. The number of piperidine rings is 1. The Morgan fingerprint density at radius 1 is 1.43 bits per heavy atom. The van der Waals surface area contributed by atoms with Crippen LogP contribution in [0.15, 0.2) is 12.4 Å². The van der Waals surface area contributed by atoms with Crippen molar-refractivity contribution in [3.63, 3.8) is 0 Å². The van der Waals surface area contributed by atoms with Crippen molar-refractivity contribution >= 4 is 11.7 Å². The molecule has 1 saturated heterocycles. The van der Waals surface area contributed by atoms with Crippen LogP contribution in [0.25, 0.3) is 0 Å². The number of anilines is 1. The lowest BCUT2D eigenvalue weighted by Gasteiger charge is -2.30. The molecule has 3 N–H and O–H groups in total. The number of nitrogens with one attached hydrogen (secondary N) is 1. The minimum Gasteiger partial charge on any atom is -0.369 e. The van der Waals surface area contributed by atoms with Crippen LogP contribution in [0.4, 0.5) is 5.82 Å². The average Bonchev–Trinajstić information content (AvgIpc) is 2.52. The van der Waals surface area contributed by atoms with Crippen LogP contribution in [0, 0.1) is 17.2 Å². The zero-order valence-corrected chi connectivity index (χ0v) is 12.0. The molecule has 1 fully saturated rings. The molecule has 0 aromatic carbocycles. The average molecular weight is 288 g/mol. The van der Waals surface area contributed by atoms with E-state index in [2.05, 4.69) is 20.2 Å². The fraction of sp³-hybridized carbons (Fsp3) is 0.571. The monoisotopic (exact) mass is 288 g/mol. The summed E-state index contributed by atoms with van der Waals surface area (Å²) in [5.41, 5.74) is 5.64. The minimum absolute atomic E-state index is 0.0390. The van der Waals surface area contributed by atoms with Gasteiger partial charge in [0.1, 0.15) is 6.07 Å². The standard InChI is InChI=1S/C14H20N6O/c15-10-12-14(19-6-5-17-12)18-4-1-7-20-8-2-11(3-9-20)13(16)21/h5-6,11H,1-4,7-9H2,(H2,16,21)(H,18,19). The lowest BCUT2D eigenvalue weighted by atomic mass is 9.96. The summed E-state index contributed by atoms with van der Waals surface area (Å²) in [6, 6.07) is 2.01. The Bertz CT molecular complexity index is 518. The van der Waals surface area contributed by atoms with Crippen LogP contribution in [-0.2, 0) is 4.79 Å². The molecular weight excluding hydrogens is 268 g/mol. The van der Waals surface area contributed by atoms with Crippen LogP contribution in [0.3, 0.4) is 0 Å². The maximum absolute atomic E-state index is 11.1. The van der Waals surface area contributed by atoms with Crippen molar-refractivity contribution in [3.05, 3.63) is 18.1 Å². The Hall–Kier alpha value is -2.20. The number of rotatable bonds is 6. The van der Waals surface area contributed by atoms with Crippen molar-refractivity contribution in [1.82, 2.24) is 14.9 Å². The van der Waals surface area contributed by atoms with Gasteiger partial charge >= 0.3 is 0 Å². The summed E-state index contributed by atoms with van der Waals surface area (Å²) >= 11 is 0. The lowest BCUT2D eigenvalue weighted by Crippen LogP contribution is -2.39. The second-order valence-electron chi connectivity index (χ2n) is 5.16. The molecule has 2 rings (SSSR count). The first-order chi connectivity index (χ1) is 10.2. The van der Waals surface area contributed by atoms with Gasteiger partial charge in [0.25, 0.3) is 0 Å². The number of amides is 1. The molecule has 1 aromatic rings. The van der Waals surface area contributed by atoms with Crippen molar-refractivity contribution < 1.29 is 4.79 Å². The van der Waals surface area contributed by atoms with E-state index in [1.165, 1.54) is 6.20 Å². The molecule has 0 aliphatic carbocycles. The van der Waals surface area contributed by atoms with Gasteiger partial charge in [0.15, 0.2) is 11.5 Å². The number of hydrogen-bond acceptors (Lipinski definition) is 6. The number of primary amides is 1. The molecule has 0 unspecified atom stereocenters. The van der Waals surface area contributed by atoms with Crippen LogP contribution in [-0.4, -0.2) is 47.0 Å². The van der Waals surface area contributed by atoms with E-state index in [1.54, 1.807) is 6.20 Å².